The summed E-state index contributed by atoms with van der Waals surface area (Å²) in [6.07, 6.45) is -0.362. The summed E-state index contributed by atoms with van der Waals surface area (Å²) in [6, 6.07) is 6.12. The molecule has 0 N–H and O–H groups in total. The highest BCUT2D eigenvalue weighted by Crippen LogP contribution is 2.24. The van der Waals surface area contributed by atoms with E-state index in [1.807, 2.05) is 21.2 Å². The van der Waals surface area contributed by atoms with Gasteiger partial charge in [-0.15, -0.1) is 0 Å². The van der Waals surface area contributed by atoms with Crippen LogP contribution in [0.25, 0.3) is 0 Å². The van der Waals surface area contributed by atoms with Crippen LogP contribution in [0.1, 0.15) is 23.7 Å². The number of rotatable bonds is 5. The van der Waals surface area contributed by atoms with Crippen molar-refractivity contribution in [2.45, 2.75) is 24.0 Å². The molecule has 0 radical (unpaired) electrons. The second-order valence-corrected chi connectivity index (χ2v) is 9.26. The first-order valence-electron chi connectivity index (χ1n) is 7.00. The van der Waals surface area contributed by atoms with E-state index in [1.54, 1.807) is 26.1 Å². The number of nitrogens with zero attached hydrogens (tertiary/aromatic N) is 1. The van der Waals surface area contributed by atoms with Crippen molar-refractivity contribution >= 4 is 57.8 Å². The Kier molecular flexibility index (Phi) is 6.51. The Morgan fingerprint density at radius 1 is 1.38 bits per heavy atom. The summed E-state index contributed by atoms with van der Waals surface area (Å²) in [5, 5.41) is -1.16. The van der Waals surface area contributed by atoms with Gasteiger partial charge >= 0.3 is 6.09 Å². The number of benzene rings is 1. The van der Waals surface area contributed by atoms with Crippen molar-refractivity contribution in [2.24, 2.45) is 0 Å². The van der Waals surface area contributed by atoms with Crippen LogP contribution < -0.4 is 4.90 Å². The number of anilines is 1. The number of hydrogen-bond donors (Lipinski definition) is 0. The van der Waals surface area contributed by atoms with E-state index in [0.717, 1.165) is 0 Å². The molecule has 0 bridgehead atoms. The molecule has 1 fully saturated rings. The molecule has 1 heterocycles. The quantitative estimate of drug-likeness (QED) is 0.274. The Labute approximate surface area is 156 Å². The number of halogens is 1. The first kappa shape index (κ1) is 19.5. The number of Topliss-reactive ketones (excluding diaryl/α,β-unsaturated/α-hetero) is 1. The molecule has 7 nitrogen and oxygen atoms in total. The van der Waals surface area contributed by atoms with Crippen LogP contribution in [0.2, 0.25) is 0 Å². The highest BCUT2D eigenvalue weighted by Gasteiger charge is 2.39. The van der Waals surface area contributed by atoms with Crippen LogP contribution in [0, 0.1) is 0 Å². The number of carbonyl (C=O) groups excluding carboxylic acids is 2. The number of ether oxygens (including phenoxy) is 1. The molecule has 10 heteroatoms. The molecular formula is C14H16INO6S2. The Hall–Kier alpha value is -0.850. The van der Waals surface area contributed by atoms with Crippen LogP contribution in [0.4, 0.5) is 10.5 Å². The molecule has 0 saturated carbocycles. The molecule has 1 aliphatic heterocycles. The standard InChI is InChI=1S/C14H16INO6S2/c1-9(23-15)22-14(18)16(2)11-5-3-10(4-6-11)13(17)12-7-8-21-24(12,19)20/h3-6,9,12H,7-8H2,1-2H3. The zero-order chi connectivity index (χ0) is 17.9. The summed E-state index contributed by atoms with van der Waals surface area (Å²) in [4.78, 5) is 25.6. The minimum absolute atomic E-state index is 0.0262. The molecule has 1 aromatic carbocycles. The van der Waals surface area contributed by atoms with Gasteiger partial charge in [0, 0.05) is 18.3 Å². The number of hydrogen-bond acceptors (Lipinski definition) is 7. The third-order valence-electron chi connectivity index (χ3n) is 3.47. The van der Waals surface area contributed by atoms with Crippen LogP contribution in [-0.4, -0.2) is 44.6 Å². The van der Waals surface area contributed by atoms with Gasteiger partial charge in [0.05, 0.1) is 6.61 Å². The van der Waals surface area contributed by atoms with Crippen molar-refractivity contribution in [2.75, 3.05) is 18.6 Å². The van der Waals surface area contributed by atoms with E-state index in [1.165, 1.54) is 26.0 Å². The van der Waals surface area contributed by atoms with Gasteiger partial charge in [-0.3, -0.25) is 13.9 Å². The lowest BCUT2D eigenvalue weighted by molar-refractivity contribution is 0.0987. The van der Waals surface area contributed by atoms with Crippen molar-refractivity contribution in [3.8, 4) is 0 Å². The zero-order valence-electron chi connectivity index (χ0n) is 13.0. The number of carbonyl (C=O) groups is 2. The van der Waals surface area contributed by atoms with E-state index in [9.17, 15) is 18.0 Å². The molecule has 0 spiro atoms. The van der Waals surface area contributed by atoms with E-state index < -0.39 is 27.2 Å². The normalized spacial score (nSPS) is 20.4. The van der Waals surface area contributed by atoms with E-state index in [0.29, 0.717) is 5.69 Å². The lowest BCUT2D eigenvalue weighted by atomic mass is 10.1. The van der Waals surface area contributed by atoms with Gasteiger partial charge in [-0.05, 0) is 67.7 Å². The smallest absolute Gasteiger partial charge is 0.415 e. The maximum atomic E-state index is 12.3. The van der Waals surface area contributed by atoms with Crippen LogP contribution in [-0.2, 0) is 19.0 Å². The predicted octanol–water partition coefficient (Wildman–Crippen LogP) is 2.99. The van der Waals surface area contributed by atoms with Crippen LogP contribution in [0.3, 0.4) is 0 Å². The summed E-state index contributed by atoms with van der Waals surface area (Å²) in [7, 11) is -0.900. The largest absolute Gasteiger partial charge is 0.434 e. The van der Waals surface area contributed by atoms with Gasteiger partial charge in [-0.2, -0.15) is 8.42 Å². The Bertz CT molecular complexity index is 721. The van der Waals surface area contributed by atoms with E-state index in [-0.39, 0.29) is 24.0 Å². The van der Waals surface area contributed by atoms with Gasteiger partial charge in [-0.25, -0.2) is 4.79 Å². The molecule has 1 aromatic rings. The Balaban J connectivity index is 2.10. The number of ketones is 1. The van der Waals surface area contributed by atoms with Crippen molar-refractivity contribution in [3.63, 3.8) is 0 Å². The Morgan fingerprint density at radius 2 is 2.00 bits per heavy atom. The topological polar surface area (TPSA) is 90.0 Å². The molecule has 1 amide bonds. The van der Waals surface area contributed by atoms with Gasteiger partial charge < -0.3 is 4.74 Å². The molecular weight excluding hydrogens is 469 g/mol. The van der Waals surface area contributed by atoms with Gasteiger partial charge in [0.25, 0.3) is 10.1 Å². The molecule has 1 saturated heterocycles. The maximum absolute atomic E-state index is 12.3. The molecule has 2 unspecified atom stereocenters. The molecule has 2 rings (SSSR count). The van der Waals surface area contributed by atoms with Gasteiger partial charge in [0.2, 0.25) is 0 Å². The Morgan fingerprint density at radius 3 is 2.50 bits per heavy atom. The fourth-order valence-electron chi connectivity index (χ4n) is 2.14. The van der Waals surface area contributed by atoms with Crippen LogP contribution >= 0.6 is 30.1 Å². The zero-order valence-corrected chi connectivity index (χ0v) is 16.8. The average Bonchev–Trinajstić information content (AvgIpc) is 2.92. The first-order valence-corrected chi connectivity index (χ1v) is 11.9. The van der Waals surface area contributed by atoms with Crippen molar-refractivity contribution in [3.05, 3.63) is 29.8 Å². The second kappa shape index (κ2) is 8.02. The predicted molar refractivity (Wildman–Crippen MR) is 100 cm³/mol. The van der Waals surface area contributed by atoms with Gasteiger partial charge in [0.1, 0.15) is 0 Å². The monoisotopic (exact) mass is 485 g/mol. The van der Waals surface area contributed by atoms with E-state index >= 15 is 0 Å². The van der Waals surface area contributed by atoms with E-state index in [2.05, 4.69) is 4.18 Å². The molecule has 24 heavy (non-hydrogen) atoms. The lowest BCUT2D eigenvalue weighted by Gasteiger charge is -2.19. The maximum Gasteiger partial charge on any atom is 0.415 e. The number of amides is 1. The van der Waals surface area contributed by atoms with Crippen molar-refractivity contribution in [1.29, 1.82) is 0 Å². The van der Waals surface area contributed by atoms with Crippen molar-refractivity contribution < 1.29 is 26.9 Å². The van der Waals surface area contributed by atoms with Crippen molar-refractivity contribution in [1.82, 2.24) is 0 Å². The summed E-state index contributed by atoms with van der Waals surface area (Å²) in [6.45, 7) is 1.78. The molecule has 132 valence electrons. The summed E-state index contributed by atoms with van der Waals surface area (Å²) in [5.74, 6) is -0.501. The van der Waals surface area contributed by atoms with Crippen LogP contribution in [0.15, 0.2) is 24.3 Å². The van der Waals surface area contributed by atoms with Crippen LogP contribution in [0.5, 0.6) is 0 Å². The first-order chi connectivity index (χ1) is 11.3. The molecule has 0 aliphatic carbocycles. The molecule has 1 aliphatic rings. The summed E-state index contributed by atoms with van der Waals surface area (Å²) < 4.78 is 33.1. The SMILES string of the molecule is CC(OC(=O)N(C)c1ccc(C(=O)C2CCOS2(=O)=O)cc1)SI. The lowest BCUT2D eigenvalue weighted by Crippen LogP contribution is -2.29. The fourth-order valence-corrected chi connectivity index (χ4v) is 3.85. The third kappa shape index (κ3) is 4.41. The highest BCUT2D eigenvalue weighted by molar-refractivity contribution is 14.2. The summed E-state index contributed by atoms with van der Waals surface area (Å²) >= 11 is 2.04. The highest BCUT2D eigenvalue weighted by atomic mass is 127. The average molecular weight is 485 g/mol. The minimum atomic E-state index is -3.83. The van der Waals surface area contributed by atoms with E-state index in [4.69, 9.17) is 4.74 Å². The second-order valence-electron chi connectivity index (χ2n) is 5.10. The molecule has 2 atom stereocenters. The third-order valence-corrected chi connectivity index (χ3v) is 7.61. The van der Waals surface area contributed by atoms with Gasteiger partial charge in [0.15, 0.2) is 16.5 Å². The minimum Gasteiger partial charge on any atom is -0.434 e. The van der Waals surface area contributed by atoms with Gasteiger partial charge in [-0.1, -0.05) is 0 Å². The summed E-state index contributed by atoms with van der Waals surface area (Å²) in [5.41, 5.74) is 0.512. The molecule has 0 aromatic heterocycles. The fraction of sp³-hybridized carbons (Fsp3) is 0.429.